The fourth-order valence-electron chi connectivity index (χ4n) is 4.84. The van der Waals surface area contributed by atoms with E-state index >= 15 is 0 Å². The van der Waals surface area contributed by atoms with E-state index in [0.29, 0.717) is 30.6 Å². The fraction of sp³-hybridized carbons (Fsp3) is 0.600. The number of piperidine rings is 1. The van der Waals surface area contributed by atoms with Gasteiger partial charge in [-0.3, -0.25) is 9.69 Å². The molecule has 1 saturated carbocycles. The standard InChI is InChI=1S/C20H27N3O2/c1-14-7-8-18-15(12-14)5-3-10-23(18)19(24)16-4-2-6-17(13-16)22-11-9-21-20(22)25/h2,4,6,13-15,18H,3,5,7-12H2,1H3,(H,21,25). The number of likely N-dealkylation sites (tertiary alicyclic amines) is 1. The summed E-state index contributed by atoms with van der Waals surface area (Å²) in [4.78, 5) is 28.9. The highest BCUT2D eigenvalue weighted by Crippen LogP contribution is 2.38. The number of hydrogen-bond acceptors (Lipinski definition) is 2. The van der Waals surface area contributed by atoms with Crippen molar-refractivity contribution in [2.24, 2.45) is 11.8 Å². The highest BCUT2D eigenvalue weighted by molar-refractivity contribution is 5.98. The Balaban J connectivity index is 1.55. The lowest BCUT2D eigenvalue weighted by molar-refractivity contribution is 0.0322. The van der Waals surface area contributed by atoms with Gasteiger partial charge in [-0.1, -0.05) is 13.0 Å². The molecule has 1 aromatic rings. The lowest BCUT2D eigenvalue weighted by Gasteiger charge is -2.45. The number of nitrogens with zero attached hydrogens (tertiary/aromatic N) is 2. The monoisotopic (exact) mass is 341 g/mol. The molecule has 1 N–H and O–H groups in total. The number of nitrogens with one attached hydrogen (secondary N) is 1. The van der Waals surface area contributed by atoms with Crippen molar-refractivity contribution in [3.8, 4) is 0 Å². The van der Waals surface area contributed by atoms with E-state index in [4.69, 9.17) is 0 Å². The Morgan fingerprint density at radius 2 is 2.08 bits per heavy atom. The van der Waals surface area contributed by atoms with Gasteiger partial charge in [-0.2, -0.15) is 0 Å². The Hall–Kier alpha value is -2.04. The van der Waals surface area contributed by atoms with Crippen molar-refractivity contribution in [2.45, 2.75) is 45.1 Å². The topological polar surface area (TPSA) is 52.7 Å². The molecule has 0 radical (unpaired) electrons. The first-order valence-corrected chi connectivity index (χ1v) is 9.60. The lowest BCUT2D eigenvalue weighted by Crippen LogP contribution is -2.50. The van der Waals surface area contributed by atoms with E-state index in [1.165, 1.54) is 19.3 Å². The second-order valence-electron chi connectivity index (χ2n) is 7.82. The van der Waals surface area contributed by atoms with E-state index in [0.717, 1.165) is 31.0 Å². The van der Waals surface area contributed by atoms with Crippen LogP contribution in [0.3, 0.4) is 0 Å². The van der Waals surface area contributed by atoms with Gasteiger partial charge in [0.05, 0.1) is 0 Å². The van der Waals surface area contributed by atoms with Crippen LogP contribution in [0.15, 0.2) is 24.3 Å². The largest absolute Gasteiger partial charge is 0.336 e. The third-order valence-corrected chi connectivity index (χ3v) is 6.10. The van der Waals surface area contributed by atoms with Crippen molar-refractivity contribution in [3.63, 3.8) is 0 Å². The molecule has 1 aromatic carbocycles. The smallest absolute Gasteiger partial charge is 0.321 e. The van der Waals surface area contributed by atoms with Crippen LogP contribution in [0.2, 0.25) is 0 Å². The Kier molecular flexibility index (Phi) is 4.40. The molecule has 0 bridgehead atoms. The average Bonchev–Trinajstić information content (AvgIpc) is 3.06. The molecule has 2 saturated heterocycles. The summed E-state index contributed by atoms with van der Waals surface area (Å²) >= 11 is 0. The van der Waals surface area contributed by atoms with Crippen LogP contribution >= 0.6 is 0 Å². The first kappa shape index (κ1) is 16.4. The molecule has 3 fully saturated rings. The number of fused-ring (bicyclic) bond motifs is 1. The summed E-state index contributed by atoms with van der Waals surface area (Å²) in [5.41, 5.74) is 1.52. The van der Waals surface area contributed by atoms with Crippen LogP contribution in [0.25, 0.3) is 0 Å². The molecule has 1 aliphatic carbocycles. The van der Waals surface area contributed by atoms with Crippen molar-refractivity contribution < 1.29 is 9.59 Å². The molecule has 5 nitrogen and oxygen atoms in total. The van der Waals surface area contributed by atoms with E-state index in [1.807, 2.05) is 24.3 Å². The maximum atomic E-state index is 13.2. The van der Waals surface area contributed by atoms with Crippen molar-refractivity contribution in [3.05, 3.63) is 29.8 Å². The molecule has 3 amide bonds. The first-order chi connectivity index (χ1) is 12.1. The van der Waals surface area contributed by atoms with E-state index in [2.05, 4.69) is 17.1 Å². The minimum Gasteiger partial charge on any atom is -0.336 e. The number of urea groups is 1. The van der Waals surface area contributed by atoms with Crippen molar-refractivity contribution in [1.29, 1.82) is 0 Å². The number of amides is 3. The van der Waals surface area contributed by atoms with E-state index < -0.39 is 0 Å². The molecule has 2 aliphatic heterocycles. The van der Waals surface area contributed by atoms with Gasteiger partial charge in [0.2, 0.25) is 0 Å². The Bertz CT molecular complexity index is 675. The lowest BCUT2D eigenvalue weighted by atomic mass is 9.74. The predicted molar refractivity (Wildman–Crippen MR) is 97.8 cm³/mol. The van der Waals surface area contributed by atoms with Gasteiger partial charge in [0.1, 0.15) is 0 Å². The molecule has 0 aromatic heterocycles. The van der Waals surface area contributed by atoms with Crippen LogP contribution in [-0.2, 0) is 0 Å². The van der Waals surface area contributed by atoms with Gasteiger partial charge < -0.3 is 10.2 Å². The average molecular weight is 341 g/mol. The summed E-state index contributed by atoms with van der Waals surface area (Å²) in [6.45, 7) is 4.51. The maximum absolute atomic E-state index is 13.2. The molecule has 2 heterocycles. The van der Waals surface area contributed by atoms with Gasteiger partial charge in [-0.05, 0) is 62.1 Å². The number of carbonyl (C=O) groups excluding carboxylic acids is 2. The van der Waals surface area contributed by atoms with Gasteiger partial charge in [0.15, 0.2) is 0 Å². The minimum atomic E-state index is -0.0797. The second kappa shape index (κ2) is 6.70. The Morgan fingerprint density at radius 3 is 2.88 bits per heavy atom. The number of carbonyl (C=O) groups is 2. The number of hydrogen-bond donors (Lipinski definition) is 1. The second-order valence-corrected chi connectivity index (χ2v) is 7.82. The third kappa shape index (κ3) is 3.12. The molecule has 25 heavy (non-hydrogen) atoms. The molecular formula is C20H27N3O2. The molecule has 4 rings (SSSR count). The van der Waals surface area contributed by atoms with Crippen molar-refractivity contribution in [2.75, 3.05) is 24.5 Å². The maximum Gasteiger partial charge on any atom is 0.321 e. The van der Waals surface area contributed by atoms with Crippen molar-refractivity contribution in [1.82, 2.24) is 10.2 Å². The fourth-order valence-corrected chi connectivity index (χ4v) is 4.84. The van der Waals surface area contributed by atoms with E-state index in [-0.39, 0.29) is 11.9 Å². The third-order valence-electron chi connectivity index (χ3n) is 6.10. The molecule has 5 heteroatoms. The first-order valence-electron chi connectivity index (χ1n) is 9.60. The van der Waals surface area contributed by atoms with E-state index in [1.54, 1.807) is 4.90 Å². The SMILES string of the molecule is CC1CCC2C(CCCN2C(=O)c2cccc(N3CCNC3=O)c2)C1. The summed E-state index contributed by atoms with van der Waals surface area (Å²) in [7, 11) is 0. The molecule has 0 spiro atoms. The molecule has 3 unspecified atom stereocenters. The van der Waals surface area contributed by atoms with E-state index in [9.17, 15) is 9.59 Å². The molecule has 3 aliphatic rings. The predicted octanol–water partition coefficient (Wildman–Crippen LogP) is 3.26. The quantitative estimate of drug-likeness (QED) is 0.898. The van der Waals surface area contributed by atoms with Crippen LogP contribution in [0.1, 0.15) is 49.4 Å². The highest BCUT2D eigenvalue weighted by Gasteiger charge is 2.38. The van der Waals surface area contributed by atoms with Crippen LogP contribution < -0.4 is 10.2 Å². The number of rotatable bonds is 2. The van der Waals surface area contributed by atoms with Crippen LogP contribution in [0, 0.1) is 11.8 Å². The summed E-state index contributed by atoms with van der Waals surface area (Å²) in [6.07, 6.45) is 5.97. The van der Waals surface area contributed by atoms with Crippen LogP contribution in [0.5, 0.6) is 0 Å². The minimum absolute atomic E-state index is 0.0797. The highest BCUT2D eigenvalue weighted by atomic mass is 16.2. The summed E-state index contributed by atoms with van der Waals surface area (Å²) in [5, 5.41) is 2.81. The van der Waals surface area contributed by atoms with Crippen LogP contribution in [0.4, 0.5) is 10.5 Å². The van der Waals surface area contributed by atoms with Gasteiger partial charge in [0.25, 0.3) is 5.91 Å². The normalized spacial score (nSPS) is 29.3. The summed E-state index contributed by atoms with van der Waals surface area (Å²) < 4.78 is 0. The Labute approximate surface area is 149 Å². The zero-order valence-electron chi connectivity index (χ0n) is 14.9. The summed E-state index contributed by atoms with van der Waals surface area (Å²) in [5.74, 6) is 1.58. The molecule has 134 valence electrons. The van der Waals surface area contributed by atoms with Gasteiger partial charge in [0, 0.05) is 36.9 Å². The van der Waals surface area contributed by atoms with Gasteiger partial charge in [-0.25, -0.2) is 4.79 Å². The molecule has 3 atom stereocenters. The van der Waals surface area contributed by atoms with Crippen molar-refractivity contribution >= 4 is 17.6 Å². The zero-order valence-corrected chi connectivity index (χ0v) is 14.9. The van der Waals surface area contributed by atoms with Gasteiger partial charge in [-0.15, -0.1) is 0 Å². The zero-order chi connectivity index (χ0) is 17.4. The van der Waals surface area contributed by atoms with Gasteiger partial charge >= 0.3 is 6.03 Å². The molecular weight excluding hydrogens is 314 g/mol. The summed E-state index contributed by atoms with van der Waals surface area (Å²) in [6, 6.07) is 7.87. The Morgan fingerprint density at radius 1 is 1.20 bits per heavy atom. The van der Waals surface area contributed by atoms with Crippen LogP contribution in [-0.4, -0.2) is 42.5 Å². The number of benzene rings is 1. The number of anilines is 1.